The predicted molar refractivity (Wildman–Crippen MR) is 75.5 cm³/mol. The number of pyridine rings is 1. The third-order valence-corrected chi connectivity index (χ3v) is 3.12. The zero-order valence-electron chi connectivity index (χ0n) is 10.8. The lowest BCUT2D eigenvalue weighted by molar-refractivity contribution is 0.122. The van der Waals surface area contributed by atoms with E-state index in [-0.39, 0.29) is 0 Å². The Labute approximate surface area is 114 Å². The van der Waals surface area contributed by atoms with Crippen LogP contribution in [0.2, 0.25) is 0 Å². The molecule has 104 valence electrons. The maximum atomic E-state index is 11.1. The maximum absolute atomic E-state index is 11.1. The summed E-state index contributed by atoms with van der Waals surface area (Å²) in [6.45, 7) is 6.16. The van der Waals surface area contributed by atoms with Gasteiger partial charge in [0.25, 0.3) is 0 Å². The summed E-state index contributed by atoms with van der Waals surface area (Å²) in [4.78, 5) is 20.7. The number of hydrogen-bond donors (Lipinski definition) is 2. The number of nitrogens with zero attached hydrogens (tertiary/aromatic N) is 4. The highest BCUT2D eigenvalue weighted by Crippen LogP contribution is 2.25. The Hall–Kier alpha value is -2.48. The van der Waals surface area contributed by atoms with Crippen LogP contribution in [0, 0.1) is 0 Å². The first-order valence-corrected chi connectivity index (χ1v) is 6.22. The molecule has 1 aliphatic rings. The largest absolute Gasteiger partial charge is 0.378 e. The summed E-state index contributed by atoms with van der Waals surface area (Å²) in [5.41, 5.74) is 0.806. The van der Waals surface area contributed by atoms with Crippen LogP contribution in [0.1, 0.15) is 0 Å². The van der Waals surface area contributed by atoms with Gasteiger partial charge in [0, 0.05) is 25.4 Å². The van der Waals surface area contributed by atoms with E-state index >= 15 is 0 Å². The molecule has 2 amide bonds. The standard InChI is InChI=1S/C12H14N6O2/c1-13-12(19)15-10-6-9-8(7-14-10)11(17-16-9)18-2-4-20-5-3-18/h6-7H,1-5H2,(H,16,17)(H,14,15,19). The number of aromatic amines is 1. The monoisotopic (exact) mass is 274 g/mol. The zero-order chi connectivity index (χ0) is 13.9. The van der Waals surface area contributed by atoms with Crippen molar-refractivity contribution in [2.75, 3.05) is 36.5 Å². The lowest BCUT2D eigenvalue weighted by atomic mass is 10.3. The number of carbonyl (C=O) groups excluding carboxylic acids is 1. The molecule has 0 atom stereocenters. The van der Waals surface area contributed by atoms with Crippen LogP contribution >= 0.6 is 0 Å². The van der Waals surface area contributed by atoms with Crippen LogP contribution in [0.25, 0.3) is 10.9 Å². The van der Waals surface area contributed by atoms with Crippen molar-refractivity contribution in [3.63, 3.8) is 0 Å². The summed E-state index contributed by atoms with van der Waals surface area (Å²) >= 11 is 0. The molecule has 2 aromatic rings. The second-order valence-corrected chi connectivity index (χ2v) is 4.35. The molecule has 1 saturated heterocycles. The van der Waals surface area contributed by atoms with Gasteiger partial charge >= 0.3 is 6.03 Å². The summed E-state index contributed by atoms with van der Waals surface area (Å²) in [6, 6.07) is 1.18. The van der Waals surface area contributed by atoms with Crippen LogP contribution in [-0.2, 0) is 4.74 Å². The van der Waals surface area contributed by atoms with Crippen molar-refractivity contribution in [3.05, 3.63) is 12.3 Å². The van der Waals surface area contributed by atoms with E-state index in [2.05, 4.69) is 37.1 Å². The van der Waals surface area contributed by atoms with Gasteiger partial charge in [-0.2, -0.15) is 5.10 Å². The summed E-state index contributed by atoms with van der Waals surface area (Å²) in [5, 5.41) is 10.7. The van der Waals surface area contributed by atoms with Crippen molar-refractivity contribution >= 4 is 35.3 Å². The number of nitrogens with one attached hydrogen (secondary N) is 2. The topological polar surface area (TPSA) is 95.5 Å². The molecule has 0 unspecified atom stereocenters. The van der Waals surface area contributed by atoms with Gasteiger partial charge in [-0.15, -0.1) is 0 Å². The van der Waals surface area contributed by atoms with E-state index in [0.29, 0.717) is 19.0 Å². The molecule has 1 fully saturated rings. The third kappa shape index (κ3) is 2.32. The number of aromatic nitrogens is 3. The molecule has 0 aliphatic carbocycles. The van der Waals surface area contributed by atoms with Gasteiger partial charge in [0.1, 0.15) is 5.82 Å². The molecule has 8 heteroatoms. The summed E-state index contributed by atoms with van der Waals surface area (Å²) < 4.78 is 5.33. The molecule has 2 aromatic heterocycles. The van der Waals surface area contributed by atoms with Crippen molar-refractivity contribution in [1.29, 1.82) is 0 Å². The van der Waals surface area contributed by atoms with E-state index < -0.39 is 6.03 Å². The first-order chi connectivity index (χ1) is 9.78. The molecule has 0 aromatic carbocycles. The number of hydrogen-bond acceptors (Lipinski definition) is 5. The minimum atomic E-state index is -0.537. The second kappa shape index (κ2) is 5.25. The number of ether oxygens (including phenoxy) is 1. The molecular formula is C12H14N6O2. The number of carbonyl (C=O) groups is 1. The second-order valence-electron chi connectivity index (χ2n) is 4.35. The van der Waals surface area contributed by atoms with Crippen molar-refractivity contribution < 1.29 is 9.53 Å². The van der Waals surface area contributed by atoms with Gasteiger partial charge in [0.15, 0.2) is 5.82 Å². The maximum Gasteiger partial charge on any atom is 0.345 e. The number of aliphatic imine (C=N–C) groups is 1. The quantitative estimate of drug-likeness (QED) is 0.797. The molecule has 3 heterocycles. The van der Waals surface area contributed by atoms with Gasteiger partial charge in [0.05, 0.1) is 24.1 Å². The van der Waals surface area contributed by atoms with Gasteiger partial charge in [-0.05, 0) is 6.72 Å². The van der Waals surface area contributed by atoms with E-state index in [1.54, 1.807) is 12.3 Å². The minimum Gasteiger partial charge on any atom is -0.378 e. The van der Waals surface area contributed by atoms with Crippen molar-refractivity contribution in [2.24, 2.45) is 4.99 Å². The van der Waals surface area contributed by atoms with Gasteiger partial charge in [-0.25, -0.2) is 14.8 Å². The highest BCUT2D eigenvalue weighted by Gasteiger charge is 2.17. The average molecular weight is 274 g/mol. The minimum absolute atomic E-state index is 0.409. The van der Waals surface area contributed by atoms with Gasteiger partial charge < -0.3 is 9.64 Å². The van der Waals surface area contributed by atoms with Crippen LogP contribution in [0.4, 0.5) is 16.4 Å². The fourth-order valence-electron chi connectivity index (χ4n) is 2.13. The number of morpholine rings is 1. The molecule has 0 spiro atoms. The summed E-state index contributed by atoms with van der Waals surface area (Å²) in [6.07, 6.45) is 1.68. The van der Waals surface area contributed by atoms with E-state index in [0.717, 1.165) is 29.8 Å². The van der Waals surface area contributed by atoms with Crippen LogP contribution in [0.15, 0.2) is 17.3 Å². The first kappa shape index (κ1) is 12.5. The highest BCUT2D eigenvalue weighted by atomic mass is 16.5. The fraction of sp³-hybridized carbons (Fsp3) is 0.333. The molecule has 20 heavy (non-hydrogen) atoms. The van der Waals surface area contributed by atoms with Crippen LogP contribution in [-0.4, -0.2) is 54.2 Å². The van der Waals surface area contributed by atoms with E-state index in [4.69, 9.17) is 4.74 Å². The van der Waals surface area contributed by atoms with Crippen LogP contribution in [0.3, 0.4) is 0 Å². The third-order valence-electron chi connectivity index (χ3n) is 3.12. The normalized spacial score (nSPS) is 15.3. The average Bonchev–Trinajstić information content (AvgIpc) is 2.91. The van der Waals surface area contributed by atoms with E-state index in [1.807, 2.05) is 0 Å². The predicted octanol–water partition coefficient (Wildman–Crippen LogP) is 1.03. The number of amides is 2. The van der Waals surface area contributed by atoms with Gasteiger partial charge in [-0.1, -0.05) is 0 Å². The Morgan fingerprint density at radius 1 is 1.50 bits per heavy atom. The zero-order valence-corrected chi connectivity index (χ0v) is 10.8. The first-order valence-electron chi connectivity index (χ1n) is 6.22. The highest BCUT2D eigenvalue weighted by molar-refractivity contribution is 5.95. The Kier molecular flexibility index (Phi) is 3.30. The van der Waals surface area contributed by atoms with Crippen molar-refractivity contribution in [3.8, 4) is 0 Å². The Bertz CT molecular complexity index is 646. The van der Waals surface area contributed by atoms with Crippen molar-refractivity contribution in [2.45, 2.75) is 0 Å². The molecule has 2 N–H and O–H groups in total. The summed E-state index contributed by atoms with van der Waals surface area (Å²) in [7, 11) is 0. The Balaban J connectivity index is 1.89. The molecular weight excluding hydrogens is 260 g/mol. The number of fused-ring (bicyclic) bond motifs is 1. The SMILES string of the molecule is C=NC(=O)Nc1cc2[nH]nc(N3CCOCC3)c2cn1. The Morgan fingerprint density at radius 3 is 3.05 bits per heavy atom. The lowest BCUT2D eigenvalue weighted by Crippen LogP contribution is -2.36. The molecule has 0 bridgehead atoms. The number of anilines is 2. The van der Waals surface area contributed by atoms with Gasteiger partial charge in [-0.3, -0.25) is 10.4 Å². The van der Waals surface area contributed by atoms with Crippen molar-refractivity contribution in [1.82, 2.24) is 15.2 Å². The number of urea groups is 1. The van der Waals surface area contributed by atoms with Crippen LogP contribution < -0.4 is 10.2 Å². The summed E-state index contributed by atoms with van der Waals surface area (Å²) in [5.74, 6) is 1.27. The fourth-order valence-corrected chi connectivity index (χ4v) is 2.13. The molecule has 0 radical (unpaired) electrons. The lowest BCUT2D eigenvalue weighted by Gasteiger charge is -2.26. The molecule has 0 saturated carbocycles. The Morgan fingerprint density at radius 2 is 2.30 bits per heavy atom. The van der Waals surface area contributed by atoms with E-state index in [9.17, 15) is 4.79 Å². The number of H-pyrrole nitrogens is 1. The molecule has 3 rings (SSSR count). The van der Waals surface area contributed by atoms with Gasteiger partial charge in [0.2, 0.25) is 0 Å². The van der Waals surface area contributed by atoms with E-state index in [1.165, 1.54) is 0 Å². The van der Waals surface area contributed by atoms with Crippen LogP contribution in [0.5, 0.6) is 0 Å². The smallest absolute Gasteiger partial charge is 0.345 e. The molecule has 1 aliphatic heterocycles. The number of rotatable bonds is 2. The molecule has 8 nitrogen and oxygen atoms in total.